The fourth-order valence-electron chi connectivity index (χ4n) is 1.84. The molecule has 1 aliphatic heterocycles. The molecular weight excluding hydrogens is 341 g/mol. The van der Waals surface area contributed by atoms with Crippen LogP contribution in [0.3, 0.4) is 0 Å². The van der Waals surface area contributed by atoms with Gasteiger partial charge in [0.25, 0.3) is 5.56 Å². The smallest absolute Gasteiger partial charge is 0.253 e. The van der Waals surface area contributed by atoms with Crippen molar-refractivity contribution in [2.45, 2.75) is 24.4 Å². The zero-order valence-corrected chi connectivity index (χ0v) is 10.9. The van der Waals surface area contributed by atoms with Gasteiger partial charge in [0.15, 0.2) is 0 Å². The molecule has 1 saturated heterocycles. The molecule has 17 heavy (non-hydrogen) atoms. The molecule has 0 amide bonds. The molecule has 6 nitrogen and oxygen atoms in total. The second-order valence-electron chi connectivity index (χ2n) is 3.86. The lowest BCUT2D eigenvalue weighted by atomic mass is 10.0. The first-order valence-corrected chi connectivity index (χ1v) is 6.13. The highest BCUT2D eigenvalue weighted by Crippen LogP contribution is 2.32. The first kappa shape index (κ1) is 13.0. The van der Waals surface area contributed by atoms with E-state index in [9.17, 15) is 15.0 Å². The van der Waals surface area contributed by atoms with Crippen LogP contribution in [0.5, 0.6) is 0 Å². The number of pyridine rings is 1. The van der Waals surface area contributed by atoms with Crippen molar-refractivity contribution in [2.24, 2.45) is 0 Å². The van der Waals surface area contributed by atoms with Gasteiger partial charge in [0.2, 0.25) is 0 Å². The van der Waals surface area contributed by atoms with Gasteiger partial charge in [-0.2, -0.15) is 0 Å². The van der Waals surface area contributed by atoms with Gasteiger partial charge in [-0.1, -0.05) is 0 Å². The van der Waals surface area contributed by atoms with E-state index in [1.54, 1.807) is 6.07 Å². The van der Waals surface area contributed by atoms with Gasteiger partial charge in [0.05, 0.1) is 6.61 Å². The quantitative estimate of drug-likeness (QED) is 0.518. The number of aromatic amines is 1. The third kappa shape index (κ3) is 2.38. The van der Waals surface area contributed by atoms with Crippen LogP contribution in [0.15, 0.2) is 17.1 Å². The first-order valence-electron chi connectivity index (χ1n) is 5.05. The van der Waals surface area contributed by atoms with E-state index in [0.29, 0.717) is 0 Å². The van der Waals surface area contributed by atoms with Gasteiger partial charge in [-0.3, -0.25) is 4.79 Å². The van der Waals surface area contributed by atoms with Crippen molar-refractivity contribution in [3.8, 4) is 0 Å². The summed E-state index contributed by atoms with van der Waals surface area (Å²) >= 11 is 2.02. The molecule has 0 bridgehead atoms. The highest BCUT2D eigenvalue weighted by atomic mass is 127. The summed E-state index contributed by atoms with van der Waals surface area (Å²) in [5, 5.41) is 28.3. The van der Waals surface area contributed by atoms with Gasteiger partial charge in [0, 0.05) is 15.3 Å². The van der Waals surface area contributed by atoms with Crippen LogP contribution in [-0.4, -0.2) is 45.2 Å². The molecule has 4 N–H and O–H groups in total. The minimum atomic E-state index is -1.22. The predicted molar refractivity (Wildman–Crippen MR) is 66.5 cm³/mol. The highest BCUT2D eigenvalue weighted by Gasteiger charge is 2.43. The van der Waals surface area contributed by atoms with Crippen LogP contribution in [0, 0.1) is 3.57 Å². The van der Waals surface area contributed by atoms with Gasteiger partial charge < -0.3 is 25.0 Å². The number of ether oxygens (including phenoxy) is 1. The number of nitrogens with one attached hydrogen (secondary N) is 1. The molecule has 0 aromatic carbocycles. The molecule has 0 radical (unpaired) electrons. The molecule has 0 saturated carbocycles. The summed E-state index contributed by atoms with van der Waals surface area (Å²) in [4.78, 5) is 14.1. The lowest BCUT2D eigenvalue weighted by Gasteiger charge is -2.14. The Morgan fingerprint density at radius 1 is 1.41 bits per heavy atom. The Kier molecular flexibility index (Phi) is 3.83. The minimum Gasteiger partial charge on any atom is -0.394 e. The number of H-pyrrole nitrogens is 1. The molecule has 7 heteroatoms. The monoisotopic (exact) mass is 353 g/mol. The maximum Gasteiger partial charge on any atom is 0.253 e. The first-order chi connectivity index (χ1) is 8.04. The SMILES string of the molecule is O=c1[nH]cc(I)cc1C1O[C@H](CO)[C@@H](O)[C@H]1O. The van der Waals surface area contributed by atoms with Crippen LogP contribution in [0.1, 0.15) is 11.7 Å². The average molecular weight is 353 g/mol. The van der Waals surface area contributed by atoms with E-state index >= 15 is 0 Å². The molecule has 0 spiro atoms. The molecule has 94 valence electrons. The Labute approximate surface area is 110 Å². The van der Waals surface area contributed by atoms with Crippen molar-refractivity contribution >= 4 is 22.6 Å². The van der Waals surface area contributed by atoms with Gasteiger partial charge in [0.1, 0.15) is 24.4 Å². The highest BCUT2D eigenvalue weighted by molar-refractivity contribution is 14.1. The van der Waals surface area contributed by atoms with Crippen molar-refractivity contribution in [1.29, 1.82) is 0 Å². The molecular formula is C10H12INO5. The lowest BCUT2D eigenvalue weighted by Crippen LogP contribution is -2.33. The van der Waals surface area contributed by atoms with Crippen molar-refractivity contribution in [2.75, 3.05) is 6.61 Å². The van der Waals surface area contributed by atoms with Crippen LogP contribution in [0.25, 0.3) is 0 Å². The summed E-state index contributed by atoms with van der Waals surface area (Å²) in [6.07, 6.45) is -2.66. The number of aromatic nitrogens is 1. The van der Waals surface area contributed by atoms with Crippen molar-refractivity contribution in [1.82, 2.24) is 4.98 Å². The Morgan fingerprint density at radius 2 is 2.12 bits per heavy atom. The molecule has 0 aliphatic carbocycles. The Hall–Kier alpha value is -0.480. The zero-order valence-electron chi connectivity index (χ0n) is 8.71. The average Bonchev–Trinajstić information content (AvgIpc) is 2.59. The number of halogens is 1. The third-order valence-corrected chi connectivity index (χ3v) is 3.37. The molecule has 1 aromatic rings. The number of aliphatic hydroxyl groups excluding tert-OH is 3. The molecule has 2 heterocycles. The molecule has 4 atom stereocenters. The Balaban J connectivity index is 2.35. The summed E-state index contributed by atoms with van der Waals surface area (Å²) < 4.78 is 6.07. The third-order valence-electron chi connectivity index (χ3n) is 2.75. The van der Waals surface area contributed by atoms with Gasteiger partial charge >= 0.3 is 0 Å². The topological polar surface area (TPSA) is 103 Å². The van der Waals surface area contributed by atoms with Gasteiger partial charge in [-0.05, 0) is 28.7 Å². The summed E-state index contributed by atoms with van der Waals surface area (Å²) in [6, 6.07) is 1.58. The maximum absolute atomic E-state index is 11.6. The Bertz CT molecular complexity index is 462. The van der Waals surface area contributed by atoms with Crippen molar-refractivity contribution < 1.29 is 20.1 Å². The van der Waals surface area contributed by atoms with Crippen LogP contribution in [0.4, 0.5) is 0 Å². The maximum atomic E-state index is 11.6. The fraction of sp³-hybridized carbons (Fsp3) is 0.500. The van der Waals surface area contributed by atoms with Gasteiger partial charge in [-0.25, -0.2) is 0 Å². The largest absolute Gasteiger partial charge is 0.394 e. The van der Waals surface area contributed by atoms with Crippen LogP contribution >= 0.6 is 22.6 Å². The molecule has 2 rings (SSSR count). The van der Waals surface area contributed by atoms with E-state index in [1.165, 1.54) is 6.20 Å². The summed E-state index contributed by atoms with van der Waals surface area (Å²) in [5.41, 5.74) is -0.125. The van der Waals surface area contributed by atoms with Crippen molar-refractivity contribution in [3.05, 3.63) is 31.8 Å². The normalized spacial score (nSPS) is 32.9. The van der Waals surface area contributed by atoms with Crippen LogP contribution < -0.4 is 5.56 Å². The minimum absolute atomic E-state index is 0.249. The van der Waals surface area contributed by atoms with E-state index < -0.39 is 31.0 Å². The van der Waals surface area contributed by atoms with Crippen molar-refractivity contribution in [3.63, 3.8) is 0 Å². The number of rotatable bonds is 2. The second kappa shape index (κ2) is 5.02. The molecule has 1 aliphatic rings. The molecule has 1 fully saturated rings. The standard InChI is InChI=1S/C10H12INO5/c11-4-1-5(10(16)12-2-4)9-8(15)7(14)6(3-13)17-9/h1-2,6-9,13-15H,3H2,(H,12,16)/t6-,7-,8-,9?/m1/s1. The number of hydrogen-bond donors (Lipinski definition) is 4. The fourth-order valence-corrected chi connectivity index (χ4v) is 2.33. The Morgan fingerprint density at radius 3 is 2.71 bits per heavy atom. The second-order valence-corrected chi connectivity index (χ2v) is 5.11. The lowest BCUT2D eigenvalue weighted by molar-refractivity contribution is -0.0231. The number of hydrogen-bond acceptors (Lipinski definition) is 5. The summed E-state index contributed by atoms with van der Waals surface area (Å²) in [6.45, 7) is -0.406. The van der Waals surface area contributed by atoms with E-state index in [2.05, 4.69) is 4.98 Å². The van der Waals surface area contributed by atoms with E-state index in [4.69, 9.17) is 9.84 Å². The predicted octanol–water partition coefficient (Wildman–Crippen LogP) is -0.867. The molecule has 1 unspecified atom stereocenters. The summed E-state index contributed by atoms with van der Waals surface area (Å²) in [7, 11) is 0. The van der Waals surface area contributed by atoms with E-state index in [-0.39, 0.29) is 11.1 Å². The van der Waals surface area contributed by atoms with Gasteiger partial charge in [-0.15, -0.1) is 0 Å². The van der Waals surface area contributed by atoms with Crippen LogP contribution in [0.2, 0.25) is 0 Å². The molecule has 1 aromatic heterocycles. The van der Waals surface area contributed by atoms with Crippen LogP contribution in [-0.2, 0) is 4.74 Å². The zero-order chi connectivity index (χ0) is 12.6. The number of aliphatic hydroxyl groups is 3. The van der Waals surface area contributed by atoms with E-state index in [0.717, 1.165) is 3.57 Å². The van der Waals surface area contributed by atoms with E-state index in [1.807, 2.05) is 22.6 Å². The summed E-state index contributed by atoms with van der Waals surface area (Å²) in [5.74, 6) is 0.